The van der Waals surface area contributed by atoms with Crippen LogP contribution < -0.4 is 32.3 Å². The van der Waals surface area contributed by atoms with Crippen molar-refractivity contribution in [2.24, 2.45) is 5.73 Å². The lowest BCUT2D eigenvalue weighted by Crippen LogP contribution is -2.52. The van der Waals surface area contributed by atoms with Crippen molar-refractivity contribution in [3.63, 3.8) is 0 Å². The Morgan fingerprint density at radius 3 is 0.891 bits per heavy atom. The monoisotopic (exact) mass is 792 g/mol. The first-order valence-corrected chi connectivity index (χ1v) is 16.3. The maximum Gasteiger partial charge on any atom is 0.326 e. The van der Waals surface area contributed by atoms with Crippen LogP contribution in [0.15, 0.2) is 0 Å². The lowest BCUT2D eigenvalue weighted by Gasteiger charge is -2.21. The molecule has 0 aliphatic carbocycles. The number of carbonyl (C=O) groups is 12. The number of carbonyl (C=O) groups excluding carboxylic acids is 5. The standard InChI is InChI=1S/C30H44N6O19/c31-13(26(46)47)1-7-19(37)32-14(5-11-23(41)42)25(45)36-18(30(54)55)4-10-22(40)34-16(28(50)51)2-8-20(38)33-15(27(48)49)3-9-21(39)35-17(29(52)53)6-12-24(43)44/h13-18H,1-12,31H2,(H,32,37)(H,33,38)(H,34,40)(H,35,39)(H,36,45)(H,41,42)(H,43,44)(H,46,47)(H,48,49)(H,50,51)(H,52,53)(H,54,55)/t13-,14-,15-,16-,17-,18-/m0/s1. The highest BCUT2D eigenvalue weighted by atomic mass is 16.4. The molecule has 0 unspecified atom stereocenters. The Kier molecular flexibility index (Phi) is 21.9. The van der Waals surface area contributed by atoms with E-state index >= 15 is 0 Å². The third-order valence-electron chi connectivity index (χ3n) is 7.44. The molecule has 0 radical (unpaired) electrons. The van der Waals surface area contributed by atoms with Crippen molar-refractivity contribution in [2.45, 2.75) is 113 Å². The van der Waals surface area contributed by atoms with E-state index in [-0.39, 0.29) is 6.42 Å². The number of carboxylic acids is 7. The topological polar surface area (TPSA) is 433 Å². The van der Waals surface area contributed by atoms with Gasteiger partial charge in [0.1, 0.15) is 36.3 Å². The molecular weight excluding hydrogens is 748 g/mol. The quantitative estimate of drug-likeness (QED) is 0.0343. The van der Waals surface area contributed by atoms with Gasteiger partial charge in [-0.1, -0.05) is 0 Å². The van der Waals surface area contributed by atoms with Crippen LogP contribution in [-0.4, -0.2) is 143 Å². The summed E-state index contributed by atoms with van der Waals surface area (Å²) in [6.07, 6.45) is -6.82. The highest BCUT2D eigenvalue weighted by Gasteiger charge is 2.30. The number of hydrogen-bond acceptors (Lipinski definition) is 13. The van der Waals surface area contributed by atoms with Crippen LogP contribution in [0.4, 0.5) is 0 Å². The molecule has 25 heteroatoms. The van der Waals surface area contributed by atoms with Crippen LogP contribution in [0.2, 0.25) is 0 Å². The van der Waals surface area contributed by atoms with Crippen molar-refractivity contribution in [2.75, 3.05) is 0 Å². The Labute approximate surface area is 310 Å². The van der Waals surface area contributed by atoms with Gasteiger partial charge in [-0.25, -0.2) is 19.2 Å². The second kappa shape index (κ2) is 24.8. The van der Waals surface area contributed by atoms with E-state index in [4.69, 9.17) is 26.2 Å². The van der Waals surface area contributed by atoms with Gasteiger partial charge in [0.2, 0.25) is 29.5 Å². The molecule has 6 atom stereocenters. The van der Waals surface area contributed by atoms with Crippen LogP contribution in [0.3, 0.4) is 0 Å². The van der Waals surface area contributed by atoms with E-state index in [0.717, 1.165) is 0 Å². The van der Waals surface area contributed by atoms with E-state index in [0.29, 0.717) is 0 Å². The van der Waals surface area contributed by atoms with Crippen molar-refractivity contribution >= 4 is 71.3 Å². The van der Waals surface area contributed by atoms with E-state index in [9.17, 15) is 72.9 Å². The van der Waals surface area contributed by atoms with E-state index in [1.54, 1.807) is 0 Å². The van der Waals surface area contributed by atoms with Crippen LogP contribution in [-0.2, 0) is 57.5 Å². The summed E-state index contributed by atoms with van der Waals surface area (Å²) in [6.45, 7) is 0. The fourth-order valence-corrected chi connectivity index (χ4v) is 4.41. The third-order valence-corrected chi connectivity index (χ3v) is 7.44. The molecule has 0 aromatic rings. The molecule has 0 aliphatic heterocycles. The summed E-state index contributed by atoms with van der Waals surface area (Å²) >= 11 is 0. The molecule has 0 aromatic heterocycles. The predicted octanol–water partition coefficient (Wildman–Crippen LogP) is -3.99. The van der Waals surface area contributed by atoms with Crippen molar-refractivity contribution in [3.05, 3.63) is 0 Å². The normalized spacial score (nSPS) is 13.9. The molecule has 0 heterocycles. The van der Waals surface area contributed by atoms with Crippen LogP contribution in [0.1, 0.15) is 77.0 Å². The van der Waals surface area contributed by atoms with E-state index in [2.05, 4.69) is 5.32 Å². The number of amides is 5. The molecule has 25 nitrogen and oxygen atoms in total. The first-order chi connectivity index (χ1) is 25.5. The van der Waals surface area contributed by atoms with Gasteiger partial charge in [-0.15, -0.1) is 0 Å². The van der Waals surface area contributed by atoms with Crippen molar-refractivity contribution in [3.8, 4) is 0 Å². The van der Waals surface area contributed by atoms with Gasteiger partial charge in [0.15, 0.2) is 0 Å². The van der Waals surface area contributed by atoms with Crippen LogP contribution in [0.25, 0.3) is 0 Å². The number of hydrogen-bond donors (Lipinski definition) is 13. The number of carboxylic acid groups (broad SMARTS) is 7. The Morgan fingerprint density at radius 2 is 0.600 bits per heavy atom. The minimum atomic E-state index is -1.81. The summed E-state index contributed by atoms with van der Waals surface area (Å²) in [5.74, 6) is -15.7. The lowest BCUT2D eigenvalue weighted by atomic mass is 10.1. The highest BCUT2D eigenvalue weighted by Crippen LogP contribution is 2.08. The largest absolute Gasteiger partial charge is 0.481 e. The van der Waals surface area contributed by atoms with E-state index in [1.165, 1.54) is 0 Å². The zero-order chi connectivity index (χ0) is 42.4. The SMILES string of the molecule is N[C@@H](CCC(=O)N[C@@H](CCC(=O)O)C(=O)N[C@@H](CCC(=O)N[C@@H](CCC(=O)N[C@@H](CCC(=O)N[C@@H](CCC(=O)O)C(=O)O)C(=O)O)C(=O)O)C(=O)O)C(=O)O. The summed E-state index contributed by atoms with van der Waals surface area (Å²) in [4.78, 5) is 141. The van der Waals surface area contributed by atoms with Gasteiger partial charge in [0.25, 0.3) is 0 Å². The average Bonchev–Trinajstić information content (AvgIpc) is 3.08. The summed E-state index contributed by atoms with van der Waals surface area (Å²) < 4.78 is 0. The third kappa shape index (κ3) is 21.7. The van der Waals surface area contributed by atoms with Gasteiger partial charge in [-0.2, -0.15) is 0 Å². The molecule has 0 saturated heterocycles. The molecule has 0 aliphatic rings. The van der Waals surface area contributed by atoms with Gasteiger partial charge in [-0.3, -0.25) is 38.4 Å². The van der Waals surface area contributed by atoms with Crippen LogP contribution in [0.5, 0.6) is 0 Å². The van der Waals surface area contributed by atoms with Crippen LogP contribution in [0, 0.1) is 0 Å². The van der Waals surface area contributed by atoms with Gasteiger partial charge >= 0.3 is 41.8 Å². The average molecular weight is 793 g/mol. The number of aliphatic carboxylic acids is 7. The van der Waals surface area contributed by atoms with Crippen molar-refractivity contribution in [1.29, 1.82) is 0 Å². The molecule has 14 N–H and O–H groups in total. The van der Waals surface area contributed by atoms with Gasteiger partial charge in [0.05, 0.1) is 0 Å². The molecule has 308 valence electrons. The molecular formula is C30H44N6O19. The summed E-state index contributed by atoms with van der Waals surface area (Å²) in [5, 5.41) is 74.5. The highest BCUT2D eigenvalue weighted by molar-refractivity contribution is 5.91. The number of nitrogens with one attached hydrogen (secondary N) is 5. The Balaban J connectivity index is 5.25. The van der Waals surface area contributed by atoms with Crippen LogP contribution >= 0.6 is 0 Å². The molecule has 0 aromatic carbocycles. The maximum atomic E-state index is 12.8. The number of rotatable bonds is 29. The fraction of sp³-hybridized carbons (Fsp3) is 0.600. The minimum absolute atomic E-state index is 0.343. The molecule has 0 saturated carbocycles. The Morgan fingerprint density at radius 1 is 0.345 bits per heavy atom. The molecule has 55 heavy (non-hydrogen) atoms. The Hall–Kier alpha value is -6.40. The molecule has 0 rings (SSSR count). The second-order valence-corrected chi connectivity index (χ2v) is 11.9. The van der Waals surface area contributed by atoms with Gasteiger partial charge in [-0.05, 0) is 38.5 Å². The van der Waals surface area contributed by atoms with Crippen molar-refractivity contribution in [1.82, 2.24) is 26.6 Å². The second-order valence-electron chi connectivity index (χ2n) is 11.9. The summed E-state index contributed by atoms with van der Waals surface area (Å²) in [7, 11) is 0. The number of nitrogens with two attached hydrogens (primary N) is 1. The molecule has 0 spiro atoms. The smallest absolute Gasteiger partial charge is 0.326 e. The summed E-state index contributed by atoms with van der Waals surface area (Å²) in [6, 6.07) is -9.86. The first kappa shape index (κ1) is 48.6. The zero-order valence-corrected chi connectivity index (χ0v) is 29.1. The fourth-order valence-electron chi connectivity index (χ4n) is 4.41. The molecule has 0 bridgehead atoms. The van der Waals surface area contributed by atoms with E-state index in [1.807, 2.05) is 21.3 Å². The predicted molar refractivity (Wildman–Crippen MR) is 176 cm³/mol. The Bertz CT molecular complexity index is 1470. The van der Waals surface area contributed by atoms with Gasteiger partial charge in [0, 0.05) is 38.5 Å². The maximum absolute atomic E-state index is 12.8. The van der Waals surface area contributed by atoms with E-state index < -0.39 is 178 Å². The molecule has 0 fully saturated rings. The summed E-state index contributed by atoms with van der Waals surface area (Å²) in [5.41, 5.74) is 5.32. The molecule has 5 amide bonds. The first-order valence-electron chi connectivity index (χ1n) is 16.3. The zero-order valence-electron chi connectivity index (χ0n) is 29.1. The minimum Gasteiger partial charge on any atom is -0.481 e. The lowest BCUT2D eigenvalue weighted by molar-refractivity contribution is -0.144. The van der Waals surface area contributed by atoms with Crippen molar-refractivity contribution < 1.29 is 93.3 Å². The van der Waals surface area contributed by atoms with Gasteiger partial charge < -0.3 is 68.1 Å².